The lowest BCUT2D eigenvalue weighted by Crippen LogP contribution is -2.49. The van der Waals surface area contributed by atoms with E-state index in [4.69, 9.17) is 10.8 Å². The first kappa shape index (κ1) is 14.8. The zero-order chi connectivity index (χ0) is 15.6. The summed E-state index contributed by atoms with van der Waals surface area (Å²) in [6.45, 7) is 0.313. The minimum absolute atomic E-state index is 0.313. The van der Waals surface area contributed by atoms with Gasteiger partial charge in [0.1, 0.15) is 11.9 Å². The Morgan fingerprint density at radius 1 is 1.43 bits per heavy atom. The molecule has 0 radical (unpaired) electrons. The van der Waals surface area contributed by atoms with Crippen molar-refractivity contribution in [2.75, 3.05) is 11.4 Å². The van der Waals surface area contributed by atoms with Gasteiger partial charge in [-0.1, -0.05) is 6.07 Å². The van der Waals surface area contributed by atoms with E-state index in [1.807, 2.05) is 0 Å². The van der Waals surface area contributed by atoms with Crippen LogP contribution in [0.4, 0.5) is 14.9 Å². The van der Waals surface area contributed by atoms with Gasteiger partial charge in [-0.3, -0.25) is 9.69 Å². The van der Waals surface area contributed by atoms with Gasteiger partial charge in [0.25, 0.3) is 0 Å². The molecule has 0 saturated carbocycles. The SMILES string of the molecule is NC(=O)C[C@H](NC(=O)N1CCc2ccc(F)cc21)C(=O)O. The Kier molecular flexibility index (Phi) is 4.06. The number of fused-ring (bicyclic) bond motifs is 1. The summed E-state index contributed by atoms with van der Waals surface area (Å²) < 4.78 is 13.2. The number of carbonyl (C=O) groups excluding carboxylic acids is 2. The average molecular weight is 295 g/mol. The first-order chi connectivity index (χ1) is 9.88. The number of hydrogen-bond acceptors (Lipinski definition) is 3. The topological polar surface area (TPSA) is 113 Å². The molecule has 0 aromatic heterocycles. The Morgan fingerprint density at radius 3 is 2.76 bits per heavy atom. The highest BCUT2D eigenvalue weighted by Gasteiger charge is 2.29. The monoisotopic (exact) mass is 295 g/mol. The van der Waals surface area contributed by atoms with E-state index in [-0.39, 0.29) is 0 Å². The van der Waals surface area contributed by atoms with Gasteiger partial charge in [0.05, 0.1) is 12.1 Å². The van der Waals surface area contributed by atoms with E-state index >= 15 is 0 Å². The van der Waals surface area contributed by atoms with Gasteiger partial charge in [-0.15, -0.1) is 0 Å². The van der Waals surface area contributed by atoms with E-state index in [9.17, 15) is 18.8 Å². The lowest BCUT2D eigenvalue weighted by molar-refractivity contribution is -0.140. The van der Waals surface area contributed by atoms with E-state index in [1.165, 1.54) is 17.0 Å². The summed E-state index contributed by atoms with van der Waals surface area (Å²) in [5.41, 5.74) is 6.14. The summed E-state index contributed by atoms with van der Waals surface area (Å²) in [7, 11) is 0. The molecule has 4 N–H and O–H groups in total. The van der Waals surface area contributed by atoms with E-state index < -0.39 is 36.2 Å². The number of carbonyl (C=O) groups is 3. The van der Waals surface area contributed by atoms with Crippen LogP contribution >= 0.6 is 0 Å². The molecule has 0 saturated heterocycles. The maximum absolute atomic E-state index is 13.2. The van der Waals surface area contributed by atoms with E-state index in [0.717, 1.165) is 5.56 Å². The van der Waals surface area contributed by atoms with Gasteiger partial charge in [-0.2, -0.15) is 0 Å². The summed E-state index contributed by atoms with van der Waals surface area (Å²) in [5, 5.41) is 11.2. The molecule has 0 bridgehead atoms. The van der Waals surface area contributed by atoms with Crippen molar-refractivity contribution in [3.8, 4) is 0 Å². The fraction of sp³-hybridized carbons (Fsp3) is 0.308. The molecule has 7 nitrogen and oxygen atoms in total. The van der Waals surface area contributed by atoms with Crippen molar-refractivity contribution in [3.05, 3.63) is 29.6 Å². The van der Waals surface area contributed by atoms with E-state index in [2.05, 4.69) is 5.32 Å². The average Bonchev–Trinajstić information content (AvgIpc) is 2.80. The first-order valence-corrected chi connectivity index (χ1v) is 6.26. The van der Waals surface area contributed by atoms with Gasteiger partial charge in [-0.25, -0.2) is 14.0 Å². The largest absolute Gasteiger partial charge is 0.480 e. The second-order valence-corrected chi connectivity index (χ2v) is 4.69. The maximum atomic E-state index is 13.2. The lowest BCUT2D eigenvalue weighted by Gasteiger charge is -2.21. The van der Waals surface area contributed by atoms with E-state index in [1.54, 1.807) is 6.07 Å². The number of carboxylic acids is 1. The molecule has 1 aliphatic rings. The number of aliphatic carboxylic acids is 1. The Hall–Kier alpha value is -2.64. The van der Waals surface area contributed by atoms with Crippen molar-refractivity contribution in [2.24, 2.45) is 5.73 Å². The van der Waals surface area contributed by atoms with Crippen LogP contribution in [-0.2, 0) is 16.0 Å². The zero-order valence-corrected chi connectivity index (χ0v) is 11.0. The molecule has 0 fully saturated rings. The number of nitrogens with two attached hydrogens (primary N) is 1. The molecule has 1 aromatic carbocycles. The Labute approximate surface area is 119 Å². The summed E-state index contributed by atoms with van der Waals surface area (Å²) >= 11 is 0. The van der Waals surface area contributed by atoms with Crippen molar-refractivity contribution in [1.29, 1.82) is 0 Å². The highest BCUT2D eigenvalue weighted by atomic mass is 19.1. The predicted molar refractivity (Wildman–Crippen MR) is 71.2 cm³/mol. The van der Waals surface area contributed by atoms with Crippen molar-refractivity contribution in [3.63, 3.8) is 0 Å². The van der Waals surface area contributed by atoms with Crippen LogP contribution in [0.25, 0.3) is 0 Å². The number of nitrogens with zero attached hydrogens (tertiary/aromatic N) is 1. The highest BCUT2D eigenvalue weighted by Crippen LogP contribution is 2.28. The van der Waals surface area contributed by atoms with Gasteiger partial charge in [-0.05, 0) is 24.1 Å². The summed E-state index contributed by atoms with van der Waals surface area (Å²) in [6.07, 6.45) is 0.0432. The second-order valence-electron chi connectivity index (χ2n) is 4.69. The molecule has 0 unspecified atom stereocenters. The molecule has 21 heavy (non-hydrogen) atoms. The van der Waals surface area contributed by atoms with Crippen LogP contribution in [0.5, 0.6) is 0 Å². The quantitative estimate of drug-likeness (QED) is 0.737. The number of rotatable bonds is 4. The number of amides is 3. The van der Waals surface area contributed by atoms with Crippen LogP contribution in [0.2, 0.25) is 0 Å². The molecule has 3 amide bonds. The van der Waals surface area contributed by atoms with Crippen LogP contribution in [-0.4, -0.2) is 35.6 Å². The molecule has 0 aliphatic carbocycles. The van der Waals surface area contributed by atoms with Crippen LogP contribution in [0.15, 0.2) is 18.2 Å². The molecule has 1 atom stereocenters. The molecule has 1 heterocycles. The number of hydrogen-bond donors (Lipinski definition) is 3. The molecule has 0 spiro atoms. The number of anilines is 1. The molecule has 2 rings (SSSR count). The highest BCUT2D eigenvalue weighted by molar-refractivity contribution is 5.97. The third-order valence-corrected chi connectivity index (χ3v) is 3.19. The van der Waals surface area contributed by atoms with Crippen molar-refractivity contribution < 1.29 is 23.9 Å². The van der Waals surface area contributed by atoms with Crippen LogP contribution in [0, 0.1) is 5.82 Å². The van der Waals surface area contributed by atoms with Gasteiger partial charge in [0, 0.05) is 6.54 Å². The molecular formula is C13H14FN3O4. The van der Waals surface area contributed by atoms with Crippen molar-refractivity contribution in [1.82, 2.24) is 5.32 Å². The number of primary amides is 1. The van der Waals surface area contributed by atoms with Crippen molar-refractivity contribution >= 4 is 23.6 Å². The second kappa shape index (κ2) is 5.78. The molecule has 8 heteroatoms. The fourth-order valence-corrected chi connectivity index (χ4v) is 2.19. The van der Waals surface area contributed by atoms with Gasteiger partial charge in [0.15, 0.2) is 0 Å². The molecule has 112 valence electrons. The maximum Gasteiger partial charge on any atom is 0.326 e. The lowest BCUT2D eigenvalue weighted by atomic mass is 10.2. The minimum Gasteiger partial charge on any atom is -0.480 e. The molecule has 1 aromatic rings. The summed E-state index contributed by atoms with van der Waals surface area (Å²) in [5.74, 6) is -2.68. The zero-order valence-electron chi connectivity index (χ0n) is 11.0. The normalized spacial score (nSPS) is 14.4. The van der Waals surface area contributed by atoms with E-state index in [0.29, 0.717) is 18.7 Å². The van der Waals surface area contributed by atoms with Crippen LogP contribution in [0.1, 0.15) is 12.0 Å². The Morgan fingerprint density at radius 2 is 2.14 bits per heavy atom. The number of nitrogens with one attached hydrogen (secondary N) is 1. The molecular weight excluding hydrogens is 281 g/mol. The van der Waals surface area contributed by atoms with Gasteiger partial charge >= 0.3 is 12.0 Å². The van der Waals surface area contributed by atoms with Crippen LogP contribution in [0.3, 0.4) is 0 Å². The predicted octanol–water partition coefficient (Wildman–Crippen LogP) is 0.226. The summed E-state index contributed by atoms with van der Waals surface area (Å²) in [6, 6.07) is 1.98. The van der Waals surface area contributed by atoms with Gasteiger partial charge < -0.3 is 16.2 Å². The third-order valence-electron chi connectivity index (χ3n) is 3.19. The first-order valence-electron chi connectivity index (χ1n) is 6.26. The van der Waals surface area contributed by atoms with Crippen LogP contribution < -0.4 is 16.0 Å². The smallest absolute Gasteiger partial charge is 0.326 e. The number of urea groups is 1. The number of benzene rings is 1. The Balaban J connectivity index is 2.13. The fourth-order valence-electron chi connectivity index (χ4n) is 2.19. The number of carboxylic acid groups (broad SMARTS) is 1. The summed E-state index contributed by atoms with van der Waals surface area (Å²) in [4.78, 5) is 35.1. The number of halogens is 1. The Bertz CT molecular complexity index is 605. The third kappa shape index (κ3) is 3.28. The standard InChI is InChI=1S/C13H14FN3O4/c14-8-2-1-7-3-4-17(10(7)5-8)13(21)16-9(12(19)20)6-11(15)18/h1-2,5,9H,3-4,6H2,(H2,15,18)(H,16,21)(H,19,20)/t9-/m0/s1. The van der Waals surface area contributed by atoms with Crippen molar-refractivity contribution in [2.45, 2.75) is 18.9 Å². The minimum atomic E-state index is -1.41. The molecule has 1 aliphatic heterocycles. The van der Waals surface area contributed by atoms with Gasteiger partial charge in [0.2, 0.25) is 5.91 Å².